The third-order valence-electron chi connectivity index (χ3n) is 2.55. The SMILES string of the molecule is CC(Cc1cccs1)NC(=O)c1cccc(Br)c1. The zero-order valence-electron chi connectivity index (χ0n) is 10.0. The zero-order valence-corrected chi connectivity index (χ0v) is 12.4. The summed E-state index contributed by atoms with van der Waals surface area (Å²) in [5, 5.41) is 5.06. The van der Waals surface area contributed by atoms with Gasteiger partial charge in [-0.1, -0.05) is 28.1 Å². The molecule has 4 heteroatoms. The summed E-state index contributed by atoms with van der Waals surface area (Å²) in [5.74, 6) is -0.0274. The van der Waals surface area contributed by atoms with Crippen LogP contribution in [0.15, 0.2) is 46.3 Å². The molecule has 0 aliphatic heterocycles. The largest absolute Gasteiger partial charge is 0.349 e. The van der Waals surface area contributed by atoms with E-state index in [2.05, 4.69) is 32.7 Å². The van der Waals surface area contributed by atoms with Crippen molar-refractivity contribution in [2.24, 2.45) is 0 Å². The predicted octanol–water partition coefficient (Wildman–Crippen LogP) is 3.87. The first-order valence-corrected chi connectivity index (χ1v) is 7.41. The first-order valence-electron chi connectivity index (χ1n) is 5.74. The van der Waals surface area contributed by atoms with Crippen molar-refractivity contribution in [2.75, 3.05) is 0 Å². The Kier molecular flexibility index (Phi) is 4.55. The molecule has 0 saturated heterocycles. The van der Waals surface area contributed by atoms with Crippen LogP contribution in [0.4, 0.5) is 0 Å². The summed E-state index contributed by atoms with van der Waals surface area (Å²) in [6.45, 7) is 2.02. The number of carbonyl (C=O) groups is 1. The lowest BCUT2D eigenvalue weighted by Gasteiger charge is -2.13. The fourth-order valence-corrected chi connectivity index (χ4v) is 2.95. The standard InChI is InChI=1S/C14H14BrNOS/c1-10(8-13-6-3-7-18-13)16-14(17)11-4-2-5-12(15)9-11/h2-7,9-10H,8H2,1H3,(H,16,17). The number of benzene rings is 1. The molecule has 0 saturated carbocycles. The van der Waals surface area contributed by atoms with Gasteiger partial charge in [-0.3, -0.25) is 4.79 Å². The molecule has 0 aliphatic rings. The molecule has 1 atom stereocenters. The average molecular weight is 324 g/mol. The zero-order chi connectivity index (χ0) is 13.0. The monoisotopic (exact) mass is 323 g/mol. The van der Waals surface area contributed by atoms with Gasteiger partial charge in [-0.05, 0) is 36.6 Å². The maximum absolute atomic E-state index is 12.0. The van der Waals surface area contributed by atoms with Gasteiger partial charge in [0.1, 0.15) is 0 Å². The van der Waals surface area contributed by atoms with Crippen molar-refractivity contribution in [2.45, 2.75) is 19.4 Å². The average Bonchev–Trinajstić information content (AvgIpc) is 2.81. The van der Waals surface area contributed by atoms with Crippen LogP contribution in [0, 0.1) is 0 Å². The molecular formula is C14H14BrNOS. The van der Waals surface area contributed by atoms with Crippen molar-refractivity contribution < 1.29 is 4.79 Å². The van der Waals surface area contributed by atoms with E-state index in [4.69, 9.17) is 0 Å². The number of hydrogen-bond acceptors (Lipinski definition) is 2. The molecule has 0 spiro atoms. The van der Waals surface area contributed by atoms with E-state index < -0.39 is 0 Å². The third kappa shape index (κ3) is 3.68. The molecule has 1 N–H and O–H groups in total. The van der Waals surface area contributed by atoms with Crippen LogP contribution in [0.3, 0.4) is 0 Å². The number of halogens is 1. The Morgan fingerprint density at radius 2 is 2.22 bits per heavy atom. The Hall–Kier alpha value is -1.13. The summed E-state index contributed by atoms with van der Waals surface area (Å²) in [6.07, 6.45) is 0.872. The molecule has 0 aliphatic carbocycles. The topological polar surface area (TPSA) is 29.1 Å². The van der Waals surface area contributed by atoms with Gasteiger partial charge in [0.15, 0.2) is 0 Å². The van der Waals surface area contributed by atoms with Crippen LogP contribution in [0.5, 0.6) is 0 Å². The fraction of sp³-hybridized carbons (Fsp3) is 0.214. The van der Waals surface area contributed by atoms with E-state index in [1.54, 1.807) is 11.3 Å². The van der Waals surface area contributed by atoms with E-state index in [1.165, 1.54) is 4.88 Å². The van der Waals surface area contributed by atoms with Crippen molar-refractivity contribution in [3.05, 3.63) is 56.7 Å². The Bertz CT molecular complexity index is 524. The van der Waals surface area contributed by atoms with E-state index in [-0.39, 0.29) is 11.9 Å². The van der Waals surface area contributed by atoms with Crippen LogP contribution in [-0.2, 0) is 6.42 Å². The van der Waals surface area contributed by atoms with Crippen LogP contribution >= 0.6 is 27.3 Å². The van der Waals surface area contributed by atoms with E-state index in [0.29, 0.717) is 5.56 Å². The van der Waals surface area contributed by atoms with Crippen LogP contribution in [-0.4, -0.2) is 11.9 Å². The number of carbonyl (C=O) groups excluding carboxylic acids is 1. The van der Waals surface area contributed by atoms with E-state index in [0.717, 1.165) is 10.9 Å². The number of amides is 1. The quantitative estimate of drug-likeness (QED) is 0.909. The molecule has 0 radical (unpaired) electrons. The highest BCUT2D eigenvalue weighted by Crippen LogP contribution is 2.13. The van der Waals surface area contributed by atoms with Crippen LogP contribution in [0.1, 0.15) is 22.2 Å². The Labute approximate surface area is 119 Å². The molecule has 1 amide bonds. The lowest BCUT2D eigenvalue weighted by molar-refractivity contribution is 0.0940. The highest BCUT2D eigenvalue weighted by Gasteiger charge is 2.10. The molecule has 1 unspecified atom stereocenters. The normalized spacial score (nSPS) is 12.1. The van der Waals surface area contributed by atoms with Crippen molar-refractivity contribution >= 4 is 33.2 Å². The molecule has 1 aromatic heterocycles. The summed E-state index contributed by atoms with van der Waals surface area (Å²) in [7, 11) is 0. The van der Waals surface area contributed by atoms with Gasteiger partial charge in [0.05, 0.1) is 0 Å². The van der Waals surface area contributed by atoms with Gasteiger partial charge < -0.3 is 5.32 Å². The minimum atomic E-state index is -0.0274. The maximum Gasteiger partial charge on any atom is 0.251 e. The van der Waals surface area contributed by atoms with Gasteiger partial charge in [0.25, 0.3) is 5.91 Å². The second-order valence-electron chi connectivity index (χ2n) is 4.17. The summed E-state index contributed by atoms with van der Waals surface area (Å²) in [4.78, 5) is 13.3. The molecule has 2 aromatic rings. The maximum atomic E-state index is 12.0. The predicted molar refractivity (Wildman–Crippen MR) is 79.1 cm³/mol. The summed E-state index contributed by atoms with van der Waals surface area (Å²) in [5.41, 5.74) is 0.683. The summed E-state index contributed by atoms with van der Waals surface area (Å²) < 4.78 is 0.918. The third-order valence-corrected chi connectivity index (χ3v) is 3.94. The minimum Gasteiger partial charge on any atom is -0.349 e. The van der Waals surface area contributed by atoms with Gasteiger partial charge in [-0.2, -0.15) is 0 Å². The van der Waals surface area contributed by atoms with Crippen molar-refractivity contribution in [3.8, 4) is 0 Å². The van der Waals surface area contributed by atoms with Crippen molar-refractivity contribution in [1.82, 2.24) is 5.32 Å². The van der Waals surface area contributed by atoms with Crippen molar-refractivity contribution in [1.29, 1.82) is 0 Å². The van der Waals surface area contributed by atoms with Crippen LogP contribution in [0.25, 0.3) is 0 Å². The van der Waals surface area contributed by atoms with Gasteiger partial charge in [-0.15, -0.1) is 11.3 Å². The first kappa shape index (κ1) is 13.3. The van der Waals surface area contributed by atoms with Gasteiger partial charge in [0, 0.05) is 27.4 Å². The fourth-order valence-electron chi connectivity index (χ4n) is 1.72. The molecule has 18 heavy (non-hydrogen) atoms. The van der Waals surface area contributed by atoms with E-state index >= 15 is 0 Å². The Balaban J connectivity index is 1.95. The number of thiophene rings is 1. The van der Waals surface area contributed by atoms with E-state index in [9.17, 15) is 4.79 Å². The molecule has 0 bridgehead atoms. The highest BCUT2D eigenvalue weighted by atomic mass is 79.9. The Morgan fingerprint density at radius 3 is 2.89 bits per heavy atom. The molecule has 1 heterocycles. The van der Waals surface area contributed by atoms with Crippen LogP contribution < -0.4 is 5.32 Å². The van der Waals surface area contributed by atoms with Crippen molar-refractivity contribution in [3.63, 3.8) is 0 Å². The summed E-state index contributed by atoms with van der Waals surface area (Å²) >= 11 is 5.08. The molecular weight excluding hydrogens is 310 g/mol. The lowest BCUT2D eigenvalue weighted by atomic mass is 10.1. The summed E-state index contributed by atoms with van der Waals surface area (Å²) in [6, 6.07) is 11.7. The highest BCUT2D eigenvalue weighted by molar-refractivity contribution is 9.10. The number of nitrogens with one attached hydrogen (secondary N) is 1. The Morgan fingerprint density at radius 1 is 1.39 bits per heavy atom. The number of hydrogen-bond donors (Lipinski definition) is 1. The molecule has 94 valence electrons. The van der Waals surface area contributed by atoms with Gasteiger partial charge in [0.2, 0.25) is 0 Å². The number of rotatable bonds is 4. The first-order chi connectivity index (χ1) is 8.65. The van der Waals surface area contributed by atoms with Gasteiger partial charge >= 0.3 is 0 Å². The van der Waals surface area contributed by atoms with Crippen LogP contribution in [0.2, 0.25) is 0 Å². The van der Waals surface area contributed by atoms with E-state index in [1.807, 2.05) is 37.3 Å². The minimum absolute atomic E-state index is 0.0274. The molecule has 2 nitrogen and oxygen atoms in total. The smallest absolute Gasteiger partial charge is 0.251 e. The molecule has 2 rings (SSSR count). The lowest BCUT2D eigenvalue weighted by Crippen LogP contribution is -2.33. The second kappa shape index (κ2) is 6.16. The second-order valence-corrected chi connectivity index (χ2v) is 6.12. The molecule has 1 aromatic carbocycles. The van der Waals surface area contributed by atoms with Gasteiger partial charge in [-0.25, -0.2) is 0 Å². The molecule has 0 fully saturated rings.